The summed E-state index contributed by atoms with van der Waals surface area (Å²) in [5.41, 5.74) is 2.53. The van der Waals surface area contributed by atoms with E-state index in [1.807, 2.05) is 0 Å². The summed E-state index contributed by atoms with van der Waals surface area (Å²) in [7, 11) is 0. The van der Waals surface area contributed by atoms with Gasteiger partial charge in [-0.25, -0.2) is 0 Å². The van der Waals surface area contributed by atoms with Gasteiger partial charge in [0.05, 0.1) is 18.1 Å². The Bertz CT molecular complexity index is 471. The van der Waals surface area contributed by atoms with Crippen molar-refractivity contribution in [1.82, 2.24) is 5.32 Å². The summed E-state index contributed by atoms with van der Waals surface area (Å²) >= 11 is 1.27. The molecule has 0 aromatic heterocycles. The number of amides is 1. The molecule has 122 valence electrons. The fourth-order valence-corrected chi connectivity index (χ4v) is 2.54. The molecular formula is C17H25NO3S. The Balaban J connectivity index is 2.18. The average Bonchev–Trinajstić information content (AvgIpc) is 2.48. The number of hydrogen-bond acceptors (Lipinski definition) is 4. The van der Waals surface area contributed by atoms with Crippen LogP contribution >= 0.6 is 11.8 Å². The molecular weight excluding hydrogens is 298 g/mol. The SMILES string of the molecule is CCOC(=O)CSCC(=O)NCCc1ccc(C(C)C)cc1. The summed E-state index contributed by atoms with van der Waals surface area (Å²) in [6.07, 6.45) is 0.812. The maximum atomic E-state index is 11.6. The highest BCUT2D eigenvalue weighted by Gasteiger charge is 2.06. The van der Waals surface area contributed by atoms with Crippen LogP contribution in [0, 0.1) is 0 Å². The first-order valence-electron chi connectivity index (χ1n) is 7.61. The first kappa shape index (κ1) is 18.6. The molecule has 0 atom stereocenters. The highest BCUT2D eigenvalue weighted by Crippen LogP contribution is 2.14. The first-order valence-corrected chi connectivity index (χ1v) is 8.77. The molecule has 4 nitrogen and oxygen atoms in total. The fourth-order valence-electron chi connectivity index (χ4n) is 1.90. The van der Waals surface area contributed by atoms with E-state index in [0.717, 1.165) is 6.42 Å². The van der Waals surface area contributed by atoms with Crippen LogP contribution in [0.4, 0.5) is 0 Å². The largest absolute Gasteiger partial charge is 0.465 e. The zero-order valence-electron chi connectivity index (χ0n) is 13.6. The number of hydrogen-bond donors (Lipinski definition) is 1. The second kappa shape index (κ2) is 10.3. The second-order valence-electron chi connectivity index (χ2n) is 5.29. The molecule has 0 fully saturated rings. The van der Waals surface area contributed by atoms with Gasteiger partial charge in [0.25, 0.3) is 0 Å². The van der Waals surface area contributed by atoms with Crippen molar-refractivity contribution in [3.8, 4) is 0 Å². The van der Waals surface area contributed by atoms with Gasteiger partial charge in [-0.05, 0) is 30.4 Å². The molecule has 0 heterocycles. The van der Waals surface area contributed by atoms with Crippen molar-refractivity contribution in [2.45, 2.75) is 33.1 Å². The van der Waals surface area contributed by atoms with Crippen LogP contribution in [0.15, 0.2) is 24.3 Å². The summed E-state index contributed by atoms with van der Waals surface area (Å²) in [5.74, 6) is 0.715. The Labute approximate surface area is 137 Å². The van der Waals surface area contributed by atoms with E-state index in [-0.39, 0.29) is 23.4 Å². The molecule has 0 radical (unpaired) electrons. The first-order chi connectivity index (χ1) is 10.5. The normalized spacial score (nSPS) is 10.5. The number of esters is 1. The van der Waals surface area contributed by atoms with Crippen LogP contribution in [0.5, 0.6) is 0 Å². The molecule has 0 aliphatic carbocycles. The van der Waals surface area contributed by atoms with Crippen LogP contribution in [0.3, 0.4) is 0 Å². The van der Waals surface area contributed by atoms with Crippen LogP contribution in [0.1, 0.15) is 37.8 Å². The van der Waals surface area contributed by atoms with Gasteiger partial charge in [-0.2, -0.15) is 0 Å². The van der Waals surface area contributed by atoms with Gasteiger partial charge >= 0.3 is 5.97 Å². The molecule has 1 N–H and O–H groups in total. The van der Waals surface area contributed by atoms with Gasteiger partial charge in [-0.15, -0.1) is 11.8 Å². The maximum absolute atomic E-state index is 11.6. The Kier molecular flexibility index (Phi) is 8.67. The van der Waals surface area contributed by atoms with Crippen molar-refractivity contribution in [2.24, 2.45) is 0 Å². The highest BCUT2D eigenvalue weighted by atomic mass is 32.2. The maximum Gasteiger partial charge on any atom is 0.315 e. The lowest BCUT2D eigenvalue weighted by atomic mass is 10.0. The third-order valence-corrected chi connectivity index (χ3v) is 4.05. The summed E-state index contributed by atoms with van der Waals surface area (Å²) in [6, 6.07) is 8.49. The number of ether oxygens (including phenoxy) is 1. The Morgan fingerprint density at radius 1 is 1.18 bits per heavy atom. The zero-order valence-corrected chi connectivity index (χ0v) is 14.4. The van der Waals surface area contributed by atoms with Crippen LogP contribution in [0.2, 0.25) is 0 Å². The van der Waals surface area contributed by atoms with Crippen molar-refractivity contribution in [2.75, 3.05) is 24.7 Å². The van der Waals surface area contributed by atoms with Gasteiger partial charge in [0.2, 0.25) is 5.91 Å². The molecule has 5 heteroatoms. The lowest BCUT2D eigenvalue weighted by Crippen LogP contribution is -2.27. The number of carbonyl (C=O) groups is 2. The number of benzene rings is 1. The zero-order chi connectivity index (χ0) is 16.4. The van der Waals surface area contributed by atoms with Gasteiger partial charge in [0.15, 0.2) is 0 Å². The van der Waals surface area contributed by atoms with Crippen LogP contribution < -0.4 is 5.32 Å². The molecule has 1 rings (SSSR count). The minimum atomic E-state index is -0.273. The van der Waals surface area contributed by atoms with Crippen molar-refractivity contribution >= 4 is 23.6 Å². The standard InChI is InChI=1S/C17H25NO3S/c1-4-21-17(20)12-22-11-16(19)18-10-9-14-5-7-15(8-6-14)13(2)3/h5-8,13H,4,9-12H2,1-3H3,(H,18,19). The van der Waals surface area contributed by atoms with E-state index in [2.05, 4.69) is 43.4 Å². The molecule has 1 aromatic rings. The van der Waals surface area contributed by atoms with Crippen molar-refractivity contribution in [3.05, 3.63) is 35.4 Å². The molecule has 22 heavy (non-hydrogen) atoms. The lowest BCUT2D eigenvalue weighted by Gasteiger charge is -2.08. The van der Waals surface area contributed by atoms with E-state index < -0.39 is 0 Å². The molecule has 0 aliphatic rings. The number of carbonyl (C=O) groups excluding carboxylic acids is 2. The smallest absolute Gasteiger partial charge is 0.315 e. The third-order valence-electron chi connectivity index (χ3n) is 3.14. The van der Waals surface area contributed by atoms with E-state index in [4.69, 9.17) is 4.74 Å². The quantitative estimate of drug-likeness (QED) is 0.710. The molecule has 1 amide bonds. The summed E-state index contributed by atoms with van der Waals surface area (Å²) in [4.78, 5) is 22.8. The molecule has 0 bridgehead atoms. The van der Waals surface area contributed by atoms with E-state index in [0.29, 0.717) is 19.1 Å². The van der Waals surface area contributed by atoms with Crippen LogP contribution in [0.25, 0.3) is 0 Å². The van der Waals surface area contributed by atoms with Crippen molar-refractivity contribution in [3.63, 3.8) is 0 Å². The molecule has 0 aliphatic heterocycles. The number of nitrogens with one attached hydrogen (secondary N) is 1. The highest BCUT2D eigenvalue weighted by molar-refractivity contribution is 8.00. The van der Waals surface area contributed by atoms with E-state index in [9.17, 15) is 9.59 Å². The third kappa shape index (κ3) is 7.50. The predicted octanol–water partition coefficient (Wildman–Crippen LogP) is 2.77. The molecule has 1 aromatic carbocycles. The molecule has 0 saturated carbocycles. The van der Waals surface area contributed by atoms with E-state index in [1.165, 1.54) is 22.9 Å². The van der Waals surface area contributed by atoms with Crippen LogP contribution in [-0.4, -0.2) is 36.5 Å². The van der Waals surface area contributed by atoms with Gasteiger partial charge in [-0.3, -0.25) is 9.59 Å². The lowest BCUT2D eigenvalue weighted by molar-refractivity contribution is -0.139. The van der Waals surface area contributed by atoms with Crippen LogP contribution in [-0.2, 0) is 20.7 Å². The number of thioether (sulfide) groups is 1. The van der Waals surface area contributed by atoms with Gasteiger partial charge < -0.3 is 10.1 Å². The summed E-state index contributed by atoms with van der Waals surface area (Å²) in [6.45, 7) is 7.09. The molecule has 0 spiro atoms. The van der Waals surface area contributed by atoms with E-state index >= 15 is 0 Å². The topological polar surface area (TPSA) is 55.4 Å². The summed E-state index contributed by atoms with van der Waals surface area (Å²) < 4.78 is 4.80. The Hall–Kier alpha value is -1.49. The van der Waals surface area contributed by atoms with Gasteiger partial charge in [0.1, 0.15) is 0 Å². The van der Waals surface area contributed by atoms with Gasteiger partial charge in [-0.1, -0.05) is 38.1 Å². The minimum Gasteiger partial charge on any atom is -0.465 e. The van der Waals surface area contributed by atoms with Crippen molar-refractivity contribution in [1.29, 1.82) is 0 Å². The Morgan fingerprint density at radius 3 is 2.45 bits per heavy atom. The fraction of sp³-hybridized carbons (Fsp3) is 0.529. The van der Waals surface area contributed by atoms with E-state index in [1.54, 1.807) is 6.92 Å². The van der Waals surface area contributed by atoms with Crippen molar-refractivity contribution < 1.29 is 14.3 Å². The number of rotatable bonds is 9. The van der Waals surface area contributed by atoms with Gasteiger partial charge in [0, 0.05) is 6.54 Å². The monoisotopic (exact) mass is 323 g/mol. The predicted molar refractivity (Wildman–Crippen MR) is 91.2 cm³/mol. The summed E-state index contributed by atoms with van der Waals surface area (Å²) in [5, 5.41) is 2.86. The molecule has 0 saturated heterocycles. The average molecular weight is 323 g/mol. The second-order valence-corrected chi connectivity index (χ2v) is 6.28. The molecule has 0 unspecified atom stereocenters. The Morgan fingerprint density at radius 2 is 1.86 bits per heavy atom. The minimum absolute atomic E-state index is 0.0481.